The normalized spacial score (nSPS) is 10.8. The van der Waals surface area contributed by atoms with Crippen LogP contribution in [0.25, 0.3) is 0 Å². The van der Waals surface area contributed by atoms with Crippen molar-refractivity contribution in [2.75, 3.05) is 5.32 Å². The largest absolute Gasteiger partial charge is 0.459 e. The van der Waals surface area contributed by atoms with Crippen molar-refractivity contribution < 1.29 is 9.53 Å². The number of nitrogens with one attached hydrogen (secondary N) is 1. The van der Waals surface area contributed by atoms with E-state index in [2.05, 4.69) is 15.4 Å². The molecule has 0 saturated carbocycles. The third-order valence-corrected chi connectivity index (χ3v) is 3.46. The third-order valence-electron chi connectivity index (χ3n) is 3.46. The summed E-state index contributed by atoms with van der Waals surface area (Å²) in [5.74, 6) is 0.154. The monoisotopic (exact) mass is 302 g/mol. The molecule has 0 fully saturated rings. The van der Waals surface area contributed by atoms with E-state index in [0.29, 0.717) is 17.9 Å². The number of aromatic nitrogens is 3. The molecule has 0 aliphatic heterocycles. The summed E-state index contributed by atoms with van der Waals surface area (Å²) in [5, 5.41) is 7.60. The number of rotatable bonds is 5. The van der Waals surface area contributed by atoms with Gasteiger partial charge in [0, 0.05) is 31.0 Å². The van der Waals surface area contributed by atoms with Gasteiger partial charge < -0.3 is 10.1 Å². The molecule has 6 heteroatoms. The van der Waals surface area contributed by atoms with Crippen LogP contribution in [0, 0.1) is 13.8 Å². The van der Waals surface area contributed by atoms with Crippen molar-refractivity contribution in [3.8, 4) is 0 Å². The average molecular weight is 302 g/mol. The number of carbonyl (C=O) groups excluding carboxylic acids is 1. The Morgan fingerprint density at radius 3 is 2.73 bits per heavy atom. The lowest BCUT2D eigenvalue weighted by Crippen LogP contribution is -2.15. The van der Waals surface area contributed by atoms with E-state index in [1.165, 1.54) is 0 Å². The molecule has 0 saturated heterocycles. The van der Waals surface area contributed by atoms with Gasteiger partial charge in [-0.1, -0.05) is 0 Å². The minimum absolute atomic E-state index is 0.164. The van der Waals surface area contributed by atoms with E-state index in [4.69, 9.17) is 4.74 Å². The van der Waals surface area contributed by atoms with Crippen LogP contribution in [0.3, 0.4) is 0 Å². The summed E-state index contributed by atoms with van der Waals surface area (Å²) in [5.41, 5.74) is 3.61. The van der Waals surface area contributed by atoms with Gasteiger partial charge in [0.15, 0.2) is 0 Å². The average Bonchev–Trinajstić information content (AvgIpc) is 2.70. The van der Waals surface area contributed by atoms with E-state index in [1.807, 2.05) is 39.4 Å². The number of carbonyl (C=O) groups is 1. The Balaban J connectivity index is 2.18. The van der Waals surface area contributed by atoms with E-state index >= 15 is 0 Å². The van der Waals surface area contributed by atoms with Gasteiger partial charge in [-0.05, 0) is 39.8 Å². The van der Waals surface area contributed by atoms with Gasteiger partial charge in [-0.3, -0.25) is 4.68 Å². The minimum Gasteiger partial charge on any atom is -0.459 e. The molecule has 6 nitrogen and oxygen atoms in total. The van der Waals surface area contributed by atoms with Crippen LogP contribution in [0.1, 0.15) is 41.2 Å². The Morgan fingerprint density at radius 1 is 1.41 bits per heavy atom. The number of nitrogens with zero attached hydrogens (tertiary/aromatic N) is 3. The van der Waals surface area contributed by atoms with E-state index < -0.39 is 0 Å². The fourth-order valence-corrected chi connectivity index (χ4v) is 2.23. The highest BCUT2D eigenvalue weighted by atomic mass is 16.5. The molecular weight excluding hydrogens is 280 g/mol. The molecule has 0 amide bonds. The summed E-state index contributed by atoms with van der Waals surface area (Å²) in [6.07, 6.45) is 1.49. The molecular formula is C16H22N4O2. The second-order valence-electron chi connectivity index (χ2n) is 5.48. The Hall–Kier alpha value is -2.37. The van der Waals surface area contributed by atoms with Crippen LogP contribution in [0.5, 0.6) is 0 Å². The highest BCUT2D eigenvalue weighted by Crippen LogP contribution is 2.17. The van der Waals surface area contributed by atoms with Gasteiger partial charge in [0.2, 0.25) is 0 Å². The maximum atomic E-state index is 12.1. The quantitative estimate of drug-likeness (QED) is 0.860. The molecule has 0 unspecified atom stereocenters. The lowest BCUT2D eigenvalue weighted by Gasteiger charge is -2.12. The molecule has 0 radical (unpaired) electrons. The maximum Gasteiger partial charge on any atom is 0.342 e. The number of esters is 1. The molecule has 0 aliphatic carbocycles. The van der Waals surface area contributed by atoms with Gasteiger partial charge in [0.05, 0.1) is 11.8 Å². The maximum absolute atomic E-state index is 12.1. The fourth-order valence-electron chi connectivity index (χ4n) is 2.23. The predicted molar refractivity (Wildman–Crippen MR) is 84.8 cm³/mol. The number of aryl methyl sites for hydroxylation is 2. The summed E-state index contributed by atoms with van der Waals surface area (Å²) in [6, 6.07) is 3.44. The summed E-state index contributed by atoms with van der Waals surface area (Å²) in [7, 11) is 1.91. The molecule has 2 heterocycles. The van der Waals surface area contributed by atoms with Crippen LogP contribution in [-0.2, 0) is 18.3 Å². The van der Waals surface area contributed by atoms with E-state index in [0.717, 1.165) is 17.0 Å². The van der Waals surface area contributed by atoms with Crippen molar-refractivity contribution in [2.45, 2.75) is 40.3 Å². The van der Waals surface area contributed by atoms with Gasteiger partial charge in [0.1, 0.15) is 11.4 Å². The van der Waals surface area contributed by atoms with E-state index in [1.54, 1.807) is 18.3 Å². The number of ether oxygens (including phenoxy) is 1. The molecule has 118 valence electrons. The number of hydrogen-bond donors (Lipinski definition) is 1. The summed E-state index contributed by atoms with van der Waals surface area (Å²) in [4.78, 5) is 16.4. The standard InChI is InChI=1S/C16H22N4O2/c1-10(2)22-16(21)13-7-6-8-17-15(13)18-9-14-11(3)19-20(5)12(14)4/h6-8,10H,9H2,1-5H3,(H,17,18). The van der Waals surface area contributed by atoms with E-state index in [9.17, 15) is 4.79 Å². The molecule has 0 aromatic carbocycles. The van der Waals surface area contributed by atoms with Crippen LogP contribution >= 0.6 is 0 Å². The highest BCUT2D eigenvalue weighted by Gasteiger charge is 2.16. The number of pyridine rings is 1. The summed E-state index contributed by atoms with van der Waals surface area (Å²) in [6.45, 7) is 8.19. The molecule has 0 bridgehead atoms. The van der Waals surface area contributed by atoms with Crippen molar-refractivity contribution in [3.05, 3.63) is 40.8 Å². The smallest absolute Gasteiger partial charge is 0.342 e. The number of anilines is 1. The second-order valence-corrected chi connectivity index (χ2v) is 5.48. The zero-order valence-electron chi connectivity index (χ0n) is 13.7. The highest BCUT2D eigenvalue weighted by molar-refractivity contribution is 5.94. The molecule has 2 aromatic rings. The second kappa shape index (κ2) is 6.60. The lowest BCUT2D eigenvalue weighted by molar-refractivity contribution is 0.0378. The zero-order chi connectivity index (χ0) is 16.3. The molecule has 2 aromatic heterocycles. The van der Waals surface area contributed by atoms with Gasteiger partial charge in [-0.2, -0.15) is 5.10 Å². The Bertz CT molecular complexity index is 677. The van der Waals surface area contributed by atoms with Gasteiger partial charge in [-0.15, -0.1) is 0 Å². The zero-order valence-corrected chi connectivity index (χ0v) is 13.7. The van der Waals surface area contributed by atoms with Crippen molar-refractivity contribution in [1.82, 2.24) is 14.8 Å². The Morgan fingerprint density at radius 2 is 2.14 bits per heavy atom. The topological polar surface area (TPSA) is 69.0 Å². The molecule has 0 spiro atoms. The first-order valence-corrected chi connectivity index (χ1v) is 7.29. The van der Waals surface area contributed by atoms with Crippen molar-refractivity contribution in [1.29, 1.82) is 0 Å². The van der Waals surface area contributed by atoms with Crippen molar-refractivity contribution in [2.24, 2.45) is 7.05 Å². The van der Waals surface area contributed by atoms with Gasteiger partial charge in [-0.25, -0.2) is 9.78 Å². The van der Waals surface area contributed by atoms with Crippen LogP contribution in [0.15, 0.2) is 18.3 Å². The summed E-state index contributed by atoms with van der Waals surface area (Å²) < 4.78 is 7.09. The molecule has 0 atom stereocenters. The van der Waals surface area contributed by atoms with Crippen LogP contribution in [0.2, 0.25) is 0 Å². The molecule has 1 N–H and O–H groups in total. The van der Waals surface area contributed by atoms with Crippen LogP contribution in [0.4, 0.5) is 5.82 Å². The lowest BCUT2D eigenvalue weighted by atomic mass is 10.2. The molecule has 22 heavy (non-hydrogen) atoms. The van der Waals surface area contributed by atoms with Crippen LogP contribution in [-0.4, -0.2) is 26.8 Å². The van der Waals surface area contributed by atoms with Crippen molar-refractivity contribution in [3.63, 3.8) is 0 Å². The minimum atomic E-state index is -0.370. The fraction of sp³-hybridized carbons (Fsp3) is 0.438. The summed E-state index contributed by atoms with van der Waals surface area (Å²) >= 11 is 0. The molecule has 2 rings (SSSR count). The van der Waals surface area contributed by atoms with Gasteiger partial charge in [0.25, 0.3) is 0 Å². The predicted octanol–water partition coefficient (Wildman–Crippen LogP) is 2.61. The Labute approximate surface area is 130 Å². The van der Waals surface area contributed by atoms with Crippen LogP contribution < -0.4 is 5.32 Å². The first-order valence-electron chi connectivity index (χ1n) is 7.29. The van der Waals surface area contributed by atoms with E-state index in [-0.39, 0.29) is 12.1 Å². The SMILES string of the molecule is Cc1nn(C)c(C)c1CNc1ncccc1C(=O)OC(C)C. The first-order chi connectivity index (χ1) is 10.4. The third kappa shape index (κ3) is 3.44. The first kappa shape index (κ1) is 16.0. The molecule has 0 aliphatic rings. The number of hydrogen-bond acceptors (Lipinski definition) is 5. The van der Waals surface area contributed by atoms with Gasteiger partial charge >= 0.3 is 5.97 Å². The van der Waals surface area contributed by atoms with Crippen molar-refractivity contribution >= 4 is 11.8 Å². The Kier molecular flexibility index (Phi) is 4.80.